The van der Waals surface area contributed by atoms with Crippen molar-refractivity contribution in [3.63, 3.8) is 0 Å². The summed E-state index contributed by atoms with van der Waals surface area (Å²) in [5.41, 5.74) is 0. The van der Waals surface area contributed by atoms with Crippen molar-refractivity contribution in [1.29, 1.82) is 5.26 Å². The second-order valence-electron chi connectivity index (χ2n) is 9.17. The summed E-state index contributed by atoms with van der Waals surface area (Å²) < 4.78 is 50.8. The summed E-state index contributed by atoms with van der Waals surface area (Å²) in [7, 11) is -3.79. The number of rotatable bonds is 16. The van der Waals surface area contributed by atoms with Crippen LogP contribution < -0.4 is 5.32 Å². The average molecular weight is 593 g/mol. The van der Waals surface area contributed by atoms with E-state index in [0.717, 1.165) is 0 Å². The molecule has 222 valence electrons. The van der Waals surface area contributed by atoms with Gasteiger partial charge in [-0.05, 0) is 47.6 Å². The number of carbonyl (C=O) groups is 1. The highest BCUT2D eigenvalue weighted by Crippen LogP contribution is 2.52. The lowest BCUT2D eigenvalue weighted by Gasteiger charge is -2.39. The number of aliphatic hydroxyl groups is 1. The van der Waals surface area contributed by atoms with Gasteiger partial charge in [-0.3, -0.25) is 9.36 Å². The number of methoxy groups -OCH3 is 1. The zero-order valence-corrected chi connectivity index (χ0v) is 25.4. The summed E-state index contributed by atoms with van der Waals surface area (Å²) in [5, 5.41) is 22.0. The highest BCUT2D eigenvalue weighted by Gasteiger charge is 2.51. The van der Waals surface area contributed by atoms with Crippen LogP contribution in [0.1, 0.15) is 48.0 Å². The van der Waals surface area contributed by atoms with Crippen molar-refractivity contribution in [2.24, 2.45) is 0 Å². The number of carbonyl (C=O) groups excluding carboxylic acids is 1. The van der Waals surface area contributed by atoms with E-state index in [-0.39, 0.29) is 38.3 Å². The Morgan fingerprint density at radius 1 is 1.26 bits per heavy atom. The normalized spacial score (nSPS) is 26.7. The van der Waals surface area contributed by atoms with Crippen molar-refractivity contribution in [3.05, 3.63) is 24.2 Å². The molecule has 13 nitrogen and oxygen atoms in total. The molecule has 2 aliphatic heterocycles. The number of hydrogen-bond donors (Lipinski definition) is 2. The third kappa shape index (κ3) is 9.30. The molecule has 0 bridgehead atoms. The van der Waals surface area contributed by atoms with Gasteiger partial charge >= 0.3 is 7.60 Å². The molecule has 2 aliphatic rings. The van der Waals surface area contributed by atoms with Crippen molar-refractivity contribution in [2.75, 3.05) is 26.9 Å². The van der Waals surface area contributed by atoms with Gasteiger partial charge in [0.2, 0.25) is 12.3 Å². The van der Waals surface area contributed by atoms with Gasteiger partial charge in [-0.1, -0.05) is 0 Å². The fraction of sp³-hybridized carbons (Fsp3) is 0.750. The first kappa shape index (κ1) is 33.8. The van der Waals surface area contributed by atoms with Crippen molar-refractivity contribution >= 4 is 22.0 Å². The monoisotopic (exact) mass is 592 g/mol. The number of nitriles is 1. The lowest BCUT2D eigenvalue weighted by atomic mass is 10.1. The van der Waals surface area contributed by atoms with E-state index >= 15 is 0 Å². The summed E-state index contributed by atoms with van der Waals surface area (Å²) in [4.78, 5) is 13.1. The number of amides is 1. The molecule has 1 amide bonds. The average Bonchev–Trinajstić information content (AvgIpc) is 3.19. The Hall–Kier alpha value is -1.42. The Morgan fingerprint density at radius 3 is 2.41 bits per heavy atom. The van der Waals surface area contributed by atoms with Gasteiger partial charge in [0.15, 0.2) is 6.23 Å². The van der Waals surface area contributed by atoms with Gasteiger partial charge in [-0.2, -0.15) is 5.26 Å². The summed E-state index contributed by atoms with van der Waals surface area (Å²) in [6, 6.07) is 2.17. The first-order valence-corrected chi connectivity index (χ1v) is 15.7. The first-order chi connectivity index (χ1) is 18.5. The van der Waals surface area contributed by atoms with E-state index in [2.05, 4.69) is 16.1 Å². The van der Waals surface area contributed by atoms with Gasteiger partial charge in [-0.15, -0.1) is 0 Å². The molecule has 0 aliphatic carbocycles. The molecule has 0 aromatic rings. The molecule has 1 saturated heterocycles. The molecule has 39 heavy (non-hydrogen) atoms. The predicted octanol–water partition coefficient (Wildman–Crippen LogP) is 3.39. The Bertz CT molecular complexity index is 912. The molecule has 0 aromatic carbocycles. The number of nitrogens with zero attached hydrogens (tertiary/aromatic N) is 3. The lowest BCUT2D eigenvalue weighted by molar-refractivity contribution is -0.151. The van der Waals surface area contributed by atoms with E-state index in [1.165, 1.54) is 30.1 Å². The van der Waals surface area contributed by atoms with Gasteiger partial charge in [-0.25, -0.2) is 4.67 Å². The van der Waals surface area contributed by atoms with E-state index in [0.29, 0.717) is 0 Å². The van der Waals surface area contributed by atoms with E-state index in [1.807, 2.05) is 27.7 Å². The van der Waals surface area contributed by atoms with Crippen molar-refractivity contribution in [3.8, 4) is 6.07 Å². The SMILES string of the molecule is CCOP(=O)(/C=C/[C@H]1O[C@@H](N2C=CC(=O)NC2O)C(OC)C1OP(OCCC#N)N(C(C)C)C(C)C)OCC. The molecule has 0 saturated carbocycles. The van der Waals surface area contributed by atoms with Crippen LogP contribution in [0.2, 0.25) is 0 Å². The van der Waals surface area contributed by atoms with Gasteiger partial charge < -0.3 is 42.9 Å². The smallest absolute Gasteiger partial charge is 0.353 e. The minimum Gasteiger partial charge on any atom is -0.374 e. The van der Waals surface area contributed by atoms with Gasteiger partial charge in [0.1, 0.15) is 18.3 Å². The minimum atomic E-state index is -3.57. The van der Waals surface area contributed by atoms with Crippen LogP contribution >= 0.6 is 16.1 Å². The van der Waals surface area contributed by atoms with E-state index in [9.17, 15) is 14.5 Å². The molecule has 2 heterocycles. The second-order valence-corrected chi connectivity index (χ2v) is 12.5. The summed E-state index contributed by atoms with van der Waals surface area (Å²) in [6.07, 6.45) is -0.295. The molecule has 0 aromatic heterocycles. The van der Waals surface area contributed by atoms with Gasteiger partial charge in [0, 0.05) is 37.3 Å². The molecular formula is C24H42N4O9P2. The number of aliphatic hydroxyl groups excluding tert-OH is 1. The molecule has 4 unspecified atom stereocenters. The fourth-order valence-corrected chi connectivity index (χ4v) is 7.31. The molecule has 0 radical (unpaired) electrons. The van der Waals surface area contributed by atoms with Crippen molar-refractivity contribution in [2.45, 2.75) is 90.9 Å². The molecule has 0 spiro atoms. The van der Waals surface area contributed by atoms with E-state index in [4.69, 9.17) is 32.8 Å². The van der Waals surface area contributed by atoms with Crippen molar-refractivity contribution in [1.82, 2.24) is 14.9 Å². The highest BCUT2D eigenvalue weighted by molar-refractivity contribution is 7.57. The maximum atomic E-state index is 13.2. The second kappa shape index (κ2) is 16.1. The quantitative estimate of drug-likeness (QED) is 0.200. The van der Waals surface area contributed by atoms with Gasteiger partial charge in [0.05, 0.1) is 32.3 Å². The van der Waals surface area contributed by atoms with Crippen LogP contribution in [0.5, 0.6) is 0 Å². The summed E-state index contributed by atoms with van der Waals surface area (Å²) >= 11 is 0. The Balaban J connectivity index is 2.49. The van der Waals surface area contributed by atoms with Crippen molar-refractivity contribution < 1.29 is 42.0 Å². The van der Waals surface area contributed by atoms with Crippen LogP contribution in [-0.2, 0) is 36.9 Å². The number of nitrogens with one attached hydrogen (secondary N) is 1. The Kier molecular flexibility index (Phi) is 14.0. The van der Waals surface area contributed by atoms with E-state index < -0.39 is 52.9 Å². The highest BCUT2D eigenvalue weighted by atomic mass is 31.2. The molecule has 15 heteroatoms. The predicted molar refractivity (Wildman–Crippen MR) is 145 cm³/mol. The topological polar surface area (TPSA) is 152 Å². The zero-order chi connectivity index (χ0) is 29.2. The molecule has 2 N–H and O–H groups in total. The van der Waals surface area contributed by atoms with E-state index in [1.54, 1.807) is 19.9 Å². The maximum absolute atomic E-state index is 13.2. The Morgan fingerprint density at radius 2 is 1.90 bits per heavy atom. The van der Waals surface area contributed by atoms with Crippen LogP contribution in [-0.4, -0.2) is 90.5 Å². The van der Waals surface area contributed by atoms with Gasteiger partial charge in [0.25, 0.3) is 8.53 Å². The third-order valence-corrected chi connectivity index (χ3v) is 9.60. The van der Waals surface area contributed by atoms with Crippen LogP contribution in [0.25, 0.3) is 0 Å². The first-order valence-electron chi connectivity index (χ1n) is 13.0. The van der Waals surface area contributed by atoms with Crippen LogP contribution in [0.3, 0.4) is 0 Å². The van der Waals surface area contributed by atoms with Crippen LogP contribution in [0.15, 0.2) is 24.2 Å². The standard InChI is InChI=1S/C24H42N4O9P2/c1-8-34-39(31,35-9-2)16-12-19-21(37-38(33-15-10-13-25)28(17(3)4)18(5)6)22(32-7)23(36-19)27-14-11-20(29)26-24(27)30/h11-12,14,16-19,21-24,30H,8-10,15H2,1-7H3,(H,26,29)/b16-12+/t19-,21?,22?,23-,24?,38?/m1/s1. The summed E-state index contributed by atoms with van der Waals surface area (Å²) in [6.45, 7) is 12.0. The van der Waals surface area contributed by atoms with Crippen LogP contribution in [0.4, 0.5) is 0 Å². The fourth-order valence-electron chi connectivity index (χ4n) is 4.21. The summed E-state index contributed by atoms with van der Waals surface area (Å²) in [5.74, 6) is 0.880. The molecule has 2 rings (SSSR count). The van der Waals surface area contributed by atoms with Crippen LogP contribution in [0, 0.1) is 11.3 Å². The lowest BCUT2D eigenvalue weighted by Crippen LogP contribution is -2.55. The third-order valence-electron chi connectivity index (χ3n) is 5.69. The largest absolute Gasteiger partial charge is 0.374 e. The minimum absolute atomic E-state index is 0.0458. The maximum Gasteiger partial charge on any atom is 0.353 e. The number of hydrogen-bond acceptors (Lipinski definition) is 12. The molecular weight excluding hydrogens is 550 g/mol. The Labute approximate surface area is 232 Å². The zero-order valence-electron chi connectivity index (χ0n) is 23.6. The molecule has 1 fully saturated rings. The molecule has 6 atom stereocenters. The number of ether oxygens (including phenoxy) is 2.